The third kappa shape index (κ3) is 3.03. The van der Waals surface area contributed by atoms with Crippen molar-refractivity contribution < 1.29 is 4.79 Å². The van der Waals surface area contributed by atoms with E-state index in [1.807, 2.05) is 18.2 Å². The zero-order valence-electron chi connectivity index (χ0n) is 6.90. The summed E-state index contributed by atoms with van der Waals surface area (Å²) in [7, 11) is 0. The van der Waals surface area contributed by atoms with Gasteiger partial charge >= 0.3 is 0 Å². The smallest absolute Gasteiger partial charge is 0.202 e. The first-order valence-electron chi connectivity index (χ1n) is 3.83. The van der Waals surface area contributed by atoms with E-state index in [0.29, 0.717) is 11.4 Å². The van der Waals surface area contributed by atoms with Gasteiger partial charge in [0.15, 0.2) is 0 Å². The number of nitrogens with two attached hydrogens (primary N) is 1. The average Bonchev–Trinajstić information content (AvgIpc) is 2.08. The fourth-order valence-electron chi connectivity index (χ4n) is 0.988. The lowest BCUT2D eigenvalue weighted by molar-refractivity contribution is -0.111. The molecule has 0 unspecified atom stereocenters. The van der Waals surface area contributed by atoms with E-state index in [0.717, 1.165) is 5.56 Å². The van der Waals surface area contributed by atoms with Crippen molar-refractivity contribution in [3.05, 3.63) is 34.9 Å². The predicted octanol–water partition coefficient (Wildman–Crippen LogP) is 1.67. The average molecular weight is 216 g/mol. The minimum atomic E-state index is -0.580. The first-order valence-corrected chi connectivity index (χ1v) is 4.65. The first-order chi connectivity index (χ1) is 6.11. The van der Waals surface area contributed by atoms with Crippen LogP contribution >= 0.6 is 24.2 Å². The minimum absolute atomic E-state index is 0.320. The van der Waals surface area contributed by atoms with E-state index in [1.54, 1.807) is 6.07 Å². The molecule has 1 aromatic rings. The Morgan fingerprint density at radius 2 is 2.15 bits per heavy atom. The molecule has 1 atom stereocenters. The Hall–Kier alpha value is -0.510. The molecule has 0 spiro atoms. The molecular weight excluding hydrogens is 206 g/mol. The van der Waals surface area contributed by atoms with E-state index in [-0.39, 0.29) is 5.12 Å². The van der Waals surface area contributed by atoms with Gasteiger partial charge in [0, 0.05) is 5.02 Å². The van der Waals surface area contributed by atoms with E-state index in [4.69, 9.17) is 17.3 Å². The van der Waals surface area contributed by atoms with Gasteiger partial charge in [0.25, 0.3) is 0 Å². The fraction of sp³-hybridized carbons (Fsp3) is 0.222. The van der Waals surface area contributed by atoms with E-state index < -0.39 is 6.04 Å². The number of hydrogen-bond donors (Lipinski definition) is 2. The highest BCUT2D eigenvalue weighted by molar-refractivity contribution is 7.96. The van der Waals surface area contributed by atoms with Crippen LogP contribution in [0.3, 0.4) is 0 Å². The van der Waals surface area contributed by atoms with Gasteiger partial charge in [-0.1, -0.05) is 29.8 Å². The highest BCUT2D eigenvalue weighted by Gasteiger charge is 2.11. The van der Waals surface area contributed by atoms with Crippen LogP contribution in [0.1, 0.15) is 5.56 Å². The lowest BCUT2D eigenvalue weighted by Gasteiger charge is -2.07. The van der Waals surface area contributed by atoms with E-state index in [1.165, 1.54) is 0 Å². The molecule has 70 valence electrons. The van der Waals surface area contributed by atoms with Gasteiger partial charge in [-0.05, 0) is 18.1 Å². The van der Waals surface area contributed by atoms with E-state index in [9.17, 15) is 4.79 Å². The molecule has 0 aliphatic rings. The number of hydrogen-bond acceptors (Lipinski definition) is 2. The molecule has 2 nitrogen and oxygen atoms in total. The predicted molar refractivity (Wildman–Crippen MR) is 57.1 cm³/mol. The SMILES string of the molecule is N[C@@H](Cc1ccccc1Cl)C(=O)S. The van der Waals surface area contributed by atoms with Crippen molar-refractivity contribution >= 4 is 29.3 Å². The van der Waals surface area contributed by atoms with E-state index in [2.05, 4.69) is 12.6 Å². The van der Waals surface area contributed by atoms with Gasteiger partial charge in [-0.2, -0.15) is 0 Å². The maximum Gasteiger partial charge on any atom is 0.202 e. The molecule has 0 aromatic heterocycles. The number of benzene rings is 1. The summed E-state index contributed by atoms with van der Waals surface area (Å²) < 4.78 is 0. The van der Waals surface area contributed by atoms with Crippen LogP contribution in [0, 0.1) is 0 Å². The van der Waals surface area contributed by atoms with Crippen LogP contribution in [-0.4, -0.2) is 11.2 Å². The van der Waals surface area contributed by atoms with Gasteiger partial charge in [0.05, 0.1) is 6.04 Å². The molecule has 0 amide bonds. The van der Waals surface area contributed by atoms with Crippen molar-refractivity contribution in [1.29, 1.82) is 0 Å². The maximum absolute atomic E-state index is 10.8. The fourth-order valence-corrected chi connectivity index (χ4v) is 1.29. The summed E-state index contributed by atoms with van der Waals surface area (Å²) in [5.74, 6) is 0. The summed E-state index contributed by atoms with van der Waals surface area (Å²) >= 11 is 9.53. The first kappa shape index (κ1) is 10.6. The van der Waals surface area contributed by atoms with Crippen LogP contribution in [0.2, 0.25) is 5.02 Å². The molecule has 0 saturated heterocycles. The maximum atomic E-state index is 10.8. The third-order valence-electron chi connectivity index (χ3n) is 1.71. The second-order valence-corrected chi connectivity index (χ2v) is 3.59. The third-order valence-corrected chi connectivity index (χ3v) is 2.42. The van der Waals surface area contributed by atoms with Gasteiger partial charge in [0.2, 0.25) is 5.12 Å². The Morgan fingerprint density at radius 3 is 2.69 bits per heavy atom. The topological polar surface area (TPSA) is 43.1 Å². The second-order valence-electron chi connectivity index (χ2n) is 2.74. The van der Waals surface area contributed by atoms with Crippen molar-refractivity contribution in [2.24, 2.45) is 5.73 Å². The largest absolute Gasteiger partial charge is 0.320 e. The molecule has 0 heterocycles. The van der Waals surface area contributed by atoms with Crippen molar-refractivity contribution in [3.63, 3.8) is 0 Å². The molecule has 0 aliphatic carbocycles. The number of carbonyl (C=O) groups excluding carboxylic acids is 1. The molecule has 13 heavy (non-hydrogen) atoms. The highest BCUT2D eigenvalue weighted by Crippen LogP contribution is 2.16. The zero-order valence-corrected chi connectivity index (χ0v) is 8.55. The number of carbonyl (C=O) groups is 1. The molecule has 4 heteroatoms. The highest BCUT2D eigenvalue weighted by atomic mass is 35.5. The van der Waals surface area contributed by atoms with Gasteiger partial charge in [-0.25, -0.2) is 0 Å². The quantitative estimate of drug-likeness (QED) is 0.754. The molecule has 1 rings (SSSR count). The molecule has 0 radical (unpaired) electrons. The van der Waals surface area contributed by atoms with Crippen molar-refractivity contribution in [1.82, 2.24) is 0 Å². The van der Waals surface area contributed by atoms with Crippen molar-refractivity contribution in [2.45, 2.75) is 12.5 Å². The molecule has 0 saturated carbocycles. The lowest BCUT2D eigenvalue weighted by Crippen LogP contribution is -2.29. The number of halogens is 1. The van der Waals surface area contributed by atoms with Crippen LogP contribution < -0.4 is 5.73 Å². The van der Waals surface area contributed by atoms with Crippen molar-refractivity contribution in [3.8, 4) is 0 Å². The molecule has 2 N–H and O–H groups in total. The van der Waals surface area contributed by atoms with Crippen molar-refractivity contribution in [2.75, 3.05) is 0 Å². The normalized spacial score (nSPS) is 12.5. The van der Waals surface area contributed by atoms with Crippen LogP contribution in [0.5, 0.6) is 0 Å². The second kappa shape index (κ2) is 4.65. The summed E-state index contributed by atoms with van der Waals surface area (Å²) in [6.45, 7) is 0. The van der Waals surface area contributed by atoms with Crippen LogP contribution in [0.15, 0.2) is 24.3 Å². The van der Waals surface area contributed by atoms with Crippen LogP contribution in [0.25, 0.3) is 0 Å². The Bertz CT molecular complexity index is 316. The standard InChI is InChI=1S/C9H10ClNOS/c10-7-4-2-1-3-6(7)5-8(11)9(12)13/h1-4,8H,5,11H2,(H,12,13)/t8-/m0/s1. The van der Waals surface area contributed by atoms with Gasteiger partial charge in [-0.3, -0.25) is 4.79 Å². The Kier molecular flexibility index (Phi) is 3.78. The monoisotopic (exact) mass is 215 g/mol. The lowest BCUT2D eigenvalue weighted by atomic mass is 10.1. The van der Waals surface area contributed by atoms with E-state index >= 15 is 0 Å². The Morgan fingerprint density at radius 1 is 1.54 bits per heavy atom. The molecule has 1 aromatic carbocycles. The summed E-state index contributed by atoms with van der Waals surface area (Å²) in [5, 5.41) is 0.312. The molecular formula is C9H10ClNOS. The zero-order chi connectivity index (χ0) is 9.84. The Balaban J connectivity index is 2.74. The molecule has 0 bridgehead atoms. The number of rotatable bonds is 3. The summed E-state index contributed by atoms with van der Waals surface area (Å²) in [4.78, 5) is 10.8. The summed E-state index contributed by atoms with van der Waals surface area (Å²) in [6, 6.07) is 6.73. The summed E-state index contributed by atoms with van der Waals surface area (Å²) in [5.41, 5.74) is 6.41. The van der Waals surface area contributed by atoms with Gasteiger partial charge in [0.1, 0.15) is 0 Å². The van der Waals surface area contributed by atoms with Gasteiger partial charge in [-0.15, -0.1) is 12.6 Å². The Labute approximate surface area is 87.5 Å². The molecule has 0 fully saturated rings. The minimum Gasteiger partial charge on any atom is -0.320 e. The number of thiol groups is 1. The van der Waals surface area contributed by atoms with Gasteiger partial charge < -0.3 is 5.73 Å². The van der Waals surface area contributed by atoms with Crippen LogP contribution in [0.4, 0.5) is 0 Å². The molecule has 0 aliphatic heterocycles. The summed E-state index contributed by atoms with van der Waals surface area (Å²) in [6.07, 6.45) is 0.433. The van der Waals surface area contributed by atoms with Crippen LogP contribution in [-0.2, 0) is 11.2 Å².